The zero-order chi connectivity index (χ0) is 62.8. The minimum absolute atomic E-state index is 0.103. The number of carbonyl (C=O) groups is 4. The number of carbonyl (C=O) groups excluding carboxylic acids is 4. The third-order valence-corrected chi connectivity index (χ3v) is 17.2. The minimum Gasteiger partial charge on any atom is -0.462 e. The molecule has 0 aromatic rings. The van der Waals surface area contributed by atoms with E-state index in [0.717, 1.165) is 115 Å². The fraction of sp³-hybridized carbons (Fsp3) is 0.939. The maximum atomic E-state index is 13.0. The Morgan fingerprint density at radius 3 is 0.800 bits per heavy atom. The third-order valence-electron chi connectivity index (χ3n) is 15.3. The monoisotopic (exact) mass is 1250 g/mol. The minimum atomic E-state index is -4.94. The van der Waals surface area contributed by atoms with Crippen molar-refractivity contribution in [1.82, 2.24) is 0 Å². The predicted molar refractivity (Wildman–Crippen MR) is 340 cm³/mol. The van der Waals surface area contributed by atoms with E-state index in [2.05, 4.69) is 34.6 Å². The largest absolute Gasteiger partial charge is 0.472 e. The number of rotatable bonds is 66. The van der Waals surface area contributed by atoms with Gasteiger partial charge in [-0.3, -0.25) is 37.3 Å². The van der Waals surface area contributed by atoms with Gasteiger partial charge in [0.2, 0.25) is 0 Å². The molecule has 0 aliphatic carbocycles. The predicted octanol–water partition coefficient (Wildman–Crippen LogP) is 18.6. The second-order valence-electron chi connectivity index (χ2n) is 24.3. The number of hydrogen-bond donors (Lipinski definition) is 3. The summed E-state index contributed by atoms with van der Waals surface area (Å²) in [6.07, 6.45) is 45.1. The normalized spacial score (nSPS) is 14.2. The molecule has 0 saturated carbocycles. The van der Waals surface area contributed by atoms with Crippen molar-refractivity contribution in [3.8, 4) is 0 Å². The van der Waals surface area contributed by atoms with E-state index in [1.54, 1.807) is 0 Å². The Morgan fingerprint density at radius 1 is 0.318 bits per heavy atom. The first-order valence-corrected chi connectivity index (χ1v) is 37.6. The van der Waals surface area contributed by atoms with Gasteiger partial charge in [-0.05, 0) is 31.6 Å². The van der Waals surface area contributed by atoms with Crippen molar-refractivity contribution in [2.24, 2.45) is 5.92 Å². The Kier molecular flexibility index (Phi) is 58.3. The molecule has 0 amide bonds. The second kappa shape index (κ2) is 59.7. The van der Waals surface area contributed by atoms with Crippen LogP contribution in [0.5, 0.6) is 0 Å². The van der Waals surface area contributed by atoms with Crippen LogP contribution < -0.4 is 0 Å². The smallest absolute Gasteiger partial charge is 0.462 e. The fourth-order valence-electron chi connectivity index (χ4n) is 9.94. The zero-order valence-electron chi connectivity index (χ0n) is 54.7. The van der Waals surface area contributed by atoms with Crippen LogP contribution in [-0.2, 0) is 65.4 Å². The summed E-state index contributed by atoms with van der Waals surface area (Å²) in [6.45, 7) is 7.08. The van der Waals surface area contributed by atoms with Crippen molar-refractivity contribution < 1.29 is 80.2 Å². The topological polar surface area (TPSA) is 237 Å². The molecule has 85 heavy (non-hydrogen) atoms. The summed E-state index contributed by atoms with van der Waals surface area (Å²) >= 11 is 0. The molecule has 3 N–H and O–H groups in total. The van der Waals surface area contributed by atoms with E-state index < -0.39 is 97.5 Å². The summed E-state index contributed by atoms with van der Waals surface area (Å²) < 4.78 is 67.8. The number of unbranched alkanes of at least 4 members (excludes halogenated alkanes) is 38. The highest BCUT2D eigenvalue weighted by Gasteiger charge is 2.30. The lowest BCUT2D eigenvalue weighted by molar-refractivity contribution is -0.161. The van der Waals surface area contributed by atoms with Crippen LogP contribution >= 0.6 is 15.6 Å². The second-order valence-corrected chi connectivity index (χ2v) is 27.2. The number of hydrogen-bond acceptors (Lipinski definition) is 15. The molecule has 0 saturated heterocycles. The SMILES string of the molecule is CCCCCCCCCCCCCCCCCCCCCC(=O)O[C@H](COC(=O)CCCCCCCCCCCCCC(C)C)COP(=O)(O)OC[C@@H](O)COP(=O)(O)OC[C@@H](COC(=O)CCCCCCC)OC(=O)CCCCCCCCC. The lowest BCUT2D eigenvalue weighted by Crippen LogP contribution is -2.30. The van der Waals surface area contributed by atoms with Gasteiger partial charge in [-0.1, -0.05) is 285 Å². The highest BCUT2D eigenvalue weighted by Crippen LogP contribution is 2.45. The molecule has 17 nitrogen and oxygen atoms in total. The average Bonchev–Trinajstić information content (AvgIpc) is 3.57. The first-order valence-electron chi connectivity index (χ1n) is 34.6. The van der Waals surface area contributed by atoms with Crippen molar-refractivity contribution in [2.45, 2.75) is 355 Å². The van der Waals surface area contributed by atoms with Crippen LogP contribution in [-0.4, -0.2) is 96.7 Å². The molecule has 504 valence electrons. The van der Waals surface area contributed by atoms with Crippen molar-refractivity contribution in [1.29, 1.82) is 0 Å². The molecular formula is C66H128O17P2. The van der Waals surface area contributed by atoms with Crippen LogP contribution in [0, 0.1) is 5.92 Å². The standard InChI is InChI=1S/C66H128O17P2/c1-6-9-12-15-17-18-19-20-21-22-23-24-25-26-29-33-37-42-47-52-66(71)83-62(56-77-64(69)50-45-40-36-32-30-27-28-31-35-39-43-48-59(4)5)58-81-85(74,75)79-54-60(67)53-78-84(72,73)80-57-61(55-76-63(68)49-44-38-14-11-8-3)82-65(70)51-46-41-34-16-13-10-7-2/h59-62,67H,6-58H2,1-5H3,(H,72,73)(H,74,75)/t60-,61+,62+/m0/s1. The van der Waals surface area contributed by atoms with Crippen LogP contribution in [0.25, 0.3) is 0 Å². The van der Waals surface area contributed by atoms with Gasteiger partial charge in [0.05, 0.1) is 26.4 Å². The van der Waals surface area contributed by atoms with Gasteiger partial charge in [-0.25, -0.2) is 9.13 Å². The molecule has 0 aliphatic rings. The number of aliphatic hydroxyl groups excluding tert-OH is 1. The van der Waals surface area contributed by atoms with Crippen molar-refractivity contribution in [2.75, 3.05) is 39.6 Å². The summed E-state index contributed by atoms with van der Waals surface area (Å²) in [7, 11) is -9.87. The highest BCUT2D eigenvalue weighted by molar-refractivity contribution is 7.47. The van der Waals surface area contributed by atoms with Gasteiger partial charge >= 0.3 is 39.5 Å². The van der Waals surface area contributed by atoms with Crippen molar-refractivity contribution in [3.05, 3.63) is 0 Å². The van der Waals surface area contributed by atoms with E-state index in [0.29, 0.717) is 25.7 Å². The third kappa shape index (κ3) is 60.7. The Labute approximate surface area is 517 Å². The van der Waals surface area contributed by atoms with Gasteiger partial charge < -0.3 is 33.8 Å². The lowest BCUT2D eigenvalue weighted by atomic mass is 10.0. The average molecular weight is 1260 g/mol. The summed E-state index contributed by atoms with van der Waals surface area (Å²) in [5, 5.41) is 10.5. The van der Waals surface area contributed by atoms with E-state index in [-0.39, 0.29) is 25.7 Å². The Bertz CT molecular complexity index is 1650. The van der Waals surface area contributed by atoms with Crippen LogP contribution in [0.15, 0.2) is 0 Å². The number of esters is 4. The van der Waals surface area contributed by atoms with E-state index in [4.69, 9.17) is 37.0 Å². The molecule has 0 aromatic heterocycles. The molecule has 0 radical (unpaired) electrons. The molecule has 0 aliphatic heterocycles. The molecule has 19 heteroatoms. The lowest BCUT2D eigenvalue weighted by Gasteiger charge is -2.21. The molecule has 0 spiro atoms. The molecule has 0 aromatic carbocycles. The molecular weight excluding hydrogens is 1130 g/mol. The molecule has 5 atom stereocenters. The summed E-state index contributed by atoms with van der Waals surface area (Å²) in [5.74, 6) is -1.37. The van der Waals surface area contributed by atoms with Crippen LogP contribution in [0.4, 0.5) is 0 Å². The van der Waals surface area contributed by atoms with Crippen LogP contribution in [0.3, 0.4) is 0 Å². The van der Waals surface area contributed by atoms with Crippen LogP contribution in [0.1, 0.15) is 336 Å². The molecule has 0 bridgehead atoms. The number of aliphatic hydroxyl groups is 1. The Balaban J connectivity index is 5.11. The van der Waals surface area contributed by atoms with E-state index in [9.17, 15) is 43.2 Å². The highest BCUT2D eigenvalue weighted by atomic mass is 31.2. The van der Waals surface area contributed by atoms with E-state index in [1.165, 1.54) is 141 Å². The van der Waals surface area contributed by atoms with Crippen molar-refractivity contribution >= 4 is 39.5 Å². The first kappa shape index (κ1) is 83.1. The number of phosphoric ester groups is 2. The van der Waals surface area contributed by atoms with Gasteiger partial charge in [0.15, 0.2) is 12.2 Å². The summed E-state index contributed by atoms with van der Waals surface area (Å²) in [4.78, 5) is 71.9. The molecule has 0 rings (SSSR count). The Morgan fingerprint density at radius 2 is 0.541 bits per heavy atom. The number of ether oxygens (including phenoxy) is 4. The fourth-order valence-corrected chi connectivity index (χ4v) is 11.5. The Hall–Kier alpha value is -1.94. The van der Waals surface area contributed by atoms with Crippen molar-refractivity contribution in [3.63, 3.8) is 0 Å². The quantitative estimate of drug-likeness (QED) is 0.0222. The first-order chi connectivity index (χ1) is 41.0. The number of phosphoric acid groups is 2. The van der Waals surface area contributed by atoms with Crippen LogP contribution in [0.2, 0.25) is 0 Å². The van der Waals surface area contributed by atoms with Gasteiger partial charge in [0.1, 0.15) is 19.3 Å². The van der Waals surface area contributed by atoms with Gasteiger partial charge in [0, 0.05) is 25.7 Å². The summed E-state index contributed by atoms with van der Waals surface area (Å²) in [5.41, 5.74) is 0. The molecule has 0 heterocycles. The van der Waals surface area contributed by atoms with Gasteiger partial charge in [0.25, 0.3) is 0 Å². The molecule has 0 fully saturated rings. The maximum absolute atomic E-state index is 13.0. The summed E-state index contributed by atoms with van der Waals surface area (Å²) in [6, 6.07) is 0. The van der Waals surface area contributed by atoms with Gasteiger partial charge in [-0.15, -0.1) is 0 Å². The van der Waals surface area contributed by atoms with E-state index in [1.807, 2.05) is 0 Å². The zero-order valence-corrected chi connectivity index (χ0v) is 56.5. The van der Waals surface area contributed by atoms with Gasteiger partial charge in [-0.2, -0.15) is 0 Å². The molecule has 2 unspecified atom stereocenters. The van der Waals surface area contributed by atoms with E-state index >= 15 is 0 Å². The maximum Gasteiger partial charge on any atom is 0.472 e.